The molecule has 0 amide bonds. The predicted molar refractivity (Wildman–Crippen MR) is 84.1 cm³/mol. The van der Waals surface area contributed by atoms with Gasteiger partial charge in [0.2, 0.25) is 0 Å². The van der Waals surface area contributed by atoms with Gasteiger partial charge in [-0.3, -0.25) is 10.1 Å². The van der Waals surface area contributed by atoms with E-state index in [9.17, 15) is 10.1 Å². The van der Waals surface area contributed by atoms with E-state index >= 15 is 0 Å². The molecule has 0 bridgehead atoms. The summed E-state index contributed by atoms with van der Waals surface area (Å²) >= 11 is 1.75. The van der Waals surface area contributed by atoms with E-state index in [1.165, 1.54) is 11.6 Å². The first-order valence-corrected chi connectivity index (χ1v) is 7.43. The van der Waals surface area contributed by atoms with E-state index in [1.54, 1.807) is 24.9 Å². The van der Waals surface area contributed by atoms with Crippen LogP contribution in [-0.4, -0.2) is 12.0 Å². The van der Waals surface area contributed by atoms with Crippen LogP contribution >= 0.6 is 11.8 Å². The second kappa shape index (κ2) is 6.96. The van der Waals surface area contributed by atoms with E-state index < -0.39 is 0 Å². The van der Waals surface area contributed by atoms with Crippen molar-refractivity contribution in [1.29, 1.82) is 0 Å². The molecule has 0 aromatic heterocycles. The zero-order chi connectivity index (χ0) is 14.4. The fraction of sp³-hybridized carbons (Fsp3) is 0.200. The Morgan fingerprint density at radius 2 is 1.85 bits per heavy atom. The minimum Gasteiger partial charge on any atom is -0.382 e. The summed E-state index contributed by atoms with van der Waals surface area (Å²) in [5.41, 5.74) is 2.96. The molecule has 0 atom stereocenters. The molecule has 0 fully saturated rings. The number of benzene rings is 2. The van der Waals surface area contributed by atoms with Crippen molar-refractivity contribution in [2.24, 2.45) is 0 Å². The van der Waals surface area contributed by atoms with Crippen LogP contribution in [0.4, 0.5) is 11.4 Å². The number of nitrogens with zero attached hydrogens (tertiary/aromatic N) is 1. The van der Waals surface area contributed by atoms with Crippen LogP contribution in [-0.2, 0) is 11.5 Å². The maximum Gasteiger partial charge on any atom is 0.292 e. The number of para-hydroxylation sites is 1. The maximum absolute atomic E-state index is 11.0. The minimum absolute atomic E-state index is 0.130. The van der Waals surface area contributed by atoms with Crippen molar-refractivity contribution in [3.8, 4) is 0 Å². The molecule has 5 heteroatoms. The lowest BCUT2D eigenvalue weighted by Crippen LogP contribution is -2.00. The van der Waals surface area contributed by atoms with Crippen molar-refractivity contribution in [3.63, 3.8) is 0 Å². The molecular formula is C15H16N2O2S. The summed E-state index contributed by atoms with van der Waals surface area (Å²) in [5.74, 6) is 1.64. The van der Waals surface area contributed by atoms with Gasteiger partial charge in [-0.15, -0.1) is 0 Å². The van der Waals surface area contributed by atoms with Crippen molar-refractivity contribution < 1.29 is 4.92 Å². The van der Waals surface area contributed by atoms with Crippen LogP contribution in [0.2, 0.25) is 0 Å². The van der Waals surface area contributed by atoms with Gasteiger partial charge in [0.05, 0.1) is 4.92 Å². The number of hydrogen-bond donors (Lipinski definition) is 1. The molecular weight excluding hydrogens is 272 g/mol. The number of anilines is 1. The van der Waals surface area contributed by atoms with Gasteiger partial charge in [-0.25, -0.2) is 0 Å². The fourth-order valence-corrected chi connectivity index (χ4v) is 2.99. The van der Waals surface area contributed by atoms with Gasteiger partial charge >= 0.3 is 0 Å². The summed E-state index contributed by atoms with van der Waals surface area (Å²) in [5, 5.41) is 13.9. The smallest absolute Gasteiger partial charge is 0.292 e. The quantitative estimate of drug-likeness (QED) is 0.643. The molecule has 20 heavy (non-hydrogen) atoms. The zero-order valence-corrected chi connectivity index (χ0v) is 12.0. The highest BCUT2D eigenvalue weighted by Gasteiger charge is 2.15. The number of hydrogen-bond acceptors (Lipinski definition) is 4. The molecule has 0 aliphatic carbocycles. The highest BCUT2D eigenvalue weighted by molar-refractivity contribution is 7.97. The molecule has 0 saturated carbocycles. The highest BCUT2D eigenvalue weighted by atomic mass is 32.2. The normalized spacial score (nSPS) is 10.2. The van der Waals surface area contributed by atoms with Crippen LogP contribution in [0, 0.1) is 10.1 Å². The molecule has 2 aromatic rings. The van der Waals surface area contributed by atoms with Crippen LogP contribution in [0.5, 0.6) is 0 Å². The monoisotopic (exact) mass is 288 g/mol. The van der Waals surface area contributed by atoms with E-state index in [-0.39, 0.29) is 10.6 Å². The van der Waals surface area contributed by atoms with Crippen molar-refractivity contribution in [2.75, 3.05) is 12.4 Å². The van der Waals surface area contributed by atoms with Gasteiger partial charge in [-0.2, -0.15) is 11.8 Å². The third-order valence-electron chi connectivity index (χ3n) is 2.94. The lowest BCUT2D eigenvalue weighted by atomic mass is 10.1. The summed E-state index contributed by atoms with van der Waals surface area (Å²) < 4.78 is 0. The summed E-state index contributed by atoms with van der Waals surface area (Å²) in [6.07, 6.45) is 0. The van der Waals surface area contributed by atoms with Gasteiger partial charge in [0, 0.05) is 24.6 Å². The Kier molecular flexibility index (Phi) is 5.01. The standard InChI is InChI=1S/C15H16N2O2S/c1-16-15-13(8-5-9-14(15)17(18)19)11-20-10-12-6-3-2-4-7-12/h2-9,16H,10-11H2,1H3. The van der Waals surface area contributed by atoms with Crippen LogP contribution in [0.25, 0.3) is 0 Å². The average Bonchev–Trinajstić information content (AvgIpc) is 2.48. The average molecular weight is 288 g/mol. The Morgan fingerprint density at radius 3 is 2.50 bits per heavy atom. The molecule has 1 N–H and O–H groups in total. The third-order valence-corrected chi connectivity index (χ3v) is 4.00. The second-order valence-electron chi connectivity index (χ2n) is 4.30. The summed E-state index contributed by atoms with van der Waals surface area (Å²) in [4.78, 5) is 10.6. The Hall–Kier alpha value is -2.01. The molecule has 4 nitrogen and oxygen atoms in total. The Labute approximate surface area is 122 Å². The molecule has 0 aliphatic heterocycles. The van der Waals surface area contributed by atoms with Crippen LogP contribution in [0.1, 0.15) is 11.1 Å². The Bertz CT molecular complexity index is 588. The van der Waals surface area contributed by atoms with Gasteiger partial charge in [-0.05, 0) is 11.1 Å². The van der Waals surface area contributed by atoms with Gasteiger partial charge in [0.1, 0.15) is 5.69 Å². The van der Waals surface area contributed by atoms with E-state index in [1.807, 2.05) is 24.3 Å². The number of nitrogens with one attached hydrogen (secondary N) is 1. The SMILES string of the molecule is CNc1c(CSCc2ccccc2)cccc1[N+](=O)[O-]. The van der Waals surface area contributed by atoms with E-state index in [0.29, 0.717) is 5.69 Å². The van der Waals surface area contributed by atoms with E-state index in [4.69, 9.17) is 0 Å². The molecule has 0 aliphatic rings. The van der Waals surface area contributed by atoms with Gasteiger partial charge in [0.25, 0.3) is 5.69 Å². The van der Waals surface area contributed by atoms with Crippen molar-refractivity contribution >= 4 is 23.1 Å². The maximum atomic E-state index is 11.0. The molecule has 0 radical (unpaired) electrons. The van der Waals surface area contributed by atoms with Gasteiger partial charge in [-0.1, -0.05) is 42.5 Å². The summed E-state index contributed by atoms with van der Waals surface area (Å²) in [6, 6.07) is 15.4. The number of nitro groups is 1. The molecule has 2 rings (SSSR count). The molecule has 0 saturated heterocycles. The number of nitro benzene ring substituents is 1. The van der Waals surface area contributed by atoms with Gasteiger partial charge < -0.3 is 5.32 Å². The number of rotatable bonds is 6. The van der Waals surface area contributed by atoms with Crippen LogP contribution in [0.15, 0.2) is 48.5 Å². The molecule has 0 unspecified atom stereocenters. The minimum atomic E-state index is -0.350. The summed E-state index contributed by atoms with van der Waals surface area (Å²) in [7, 11) is 1.72. The molecule has 0 heterocycles. The molecule has 104 valence electrons. The van der Waals surface area contributed by atoms with E-state index in [2.05, 4.69) is 17.4 Å². The fourth-order valence-electron chi connectivity index (χ4n) is 2.00. The first-order chi connectivity index (χ1) is 9.72. The largest absolute Gasteiger partial charge is 0.382 e. The van der Waals surface area contributed by atoms with Crippen molar-refractivity contribution in [1.82, 2.24) is 0 Å². The van der Waals surface area contributed by atoms with Crippen LogP contribution < -0.4 is 5.32 Å². The van der Waals surface area contributed by atoms with Crippen LogP contribution in [0.3, 0.4) is 0 Å². The summed E-state index contributed by atoms with van der Waals surface area (Å²) in [6.45, 7) is 0. The third kappa shape index (κ3) is 3.51. The molecule has 2 aromatic carbocycles. The first-order valence-electron chi connectivity index (χ1n) is 6.28. The lowest BCUT2D eigenvalue weighted by Gasteiger charge is -2.09. The second-order valence-corrected chi connectivity index (χ2v) is 5.28. The highest BCUT2D eigenvalue weighted by Crippen LogP contribution is 2.31. The molecule has 0 spiro atoms. The number of thioether (sulfide) groups is 1. The Balaban J connectivity index is 2.06. The van der Waals surface area contributed by atoms with Crippen molar-refractivity contribution in [2.45, 2.75) is 11.5 Å². The topological polar surface area (TPSA) is 55.2 Å². The first kappa shape index (κ1) is 14.4. The Morgan fingerprint density at radius 1 is 1.10 bits per heavy atom. The lowest BCUT2D eigenvalue weighted by molar-refractivity contribution is -0.384. The predicted octanol–water partition coefficient (Wildman–Crippen LogP) is 4.07. The van der Waals surface area contributed by atoms with Gasteiger partial charge in [0.15, 0.2) is 0 Å². The van der Waals surface area contributed by atoms with Crippen molar-refractivity contribution in [3.05, 3.63) is 69.8 Å². The zero-order valence-electron chi connectivity index (χ0n) is 11.2. The van der Waals surface area contributed by atoms with E-state index in [0.717, 1.165) is 17.1 Å².